The summed E-state index contributed by atoms with van der Waals surface area (Å²) in [4.78, 5) is 72.3. The number of methoxy groups -OCH3 is 2. The lowest BCUT2D eigenvalue weighted by molar-refractivity contribution is -0.136. The Hall–Kier alpha value is -5.70. The molecule has 324 valence electrons. The zero-order valence-electron chi connectivity index (χ0n) is 36.3. The fraction of sp³-hybridized carbons (Fsp3) is 0.522. The molecule has 0 radical (unpaired) electrons. The molecule has 0 spiro atoms. The van der Waals surface area contributed by atoms with Crippen LogP contribution < -0.4 is 10.6 Å². The van der Waals surface area contributed by atoms with Gasteiger partial charge in [-0.3, -0.25) is 9.59 Å². The maximum absolute atomic E-state index is 13.9. The van der Waals surface area contributed by atoms with Crippen LogP contribution in [-0.2, 0) is 23.8 Å². The van der Waals surface area contributed by atoms with Gasteiger partial charge in [0.15, 0.2) is 0 Å². The van der Waals surface area contributed by atoms with Crippen molar-refractivity contribution in [2.75, 3.05) is 27.3 Å². The third-order valence-electron chi connectivity index (χ3n) is 12.9. The standard InChI is InChI=1S/C46H58N8O7/c1-23(2)39(51-45(57)59-7)43(55)53-21-25(5)17-33(53)41-47-19-31(49-41)28-11-9-27(10-12-28)29-13-14-30(38-36-16-15-35(61-36)37(29)38)32-20-48-42(50-32)34-18-26(6)22-54(34)44(56)40(24(3)4)52-46(58)60-8/h9-14,19-20,23-26,33-36,39-40H,15-18,21-22H2,1-8H3,(H,47,49)(H,48,50)(H,51,57)(H,52,58)/t25-,26-,33-,34-,35?,36?,39+,40-/m0/s1. The van der Waals surface area contributed by atoms with E-state index in [4.69, 9.17) is 24.2 Å². The number of imidazole rings is 2. The number of benzene rings is 2. The number of aromatic amines is 2. The largest absolute Gasteiger partial charge is 0.453 e. The highest BCUT2D eigenvalue weighted by atomic mass is 16.5. The molecule has 4 N–H and O–H groups in total. The summed E-state index contributed by atoms with van der Waals surface area (Å²) in [7, 11) is 2.59. The van der Waals surface area contributed by atoms with Crippen LogP contribution in [0.25, 0.3) is 33.6 Å². The summed E-state index contributed by atoms with van der Waals surface area (Å²) < 4.78 is 16.2. The predicted octanol–water partition coefficient (Wildman–Crippen LogP) is 7.62. The number of carbonyl (C=O) groups excluding carboxylic acids is 4. The van der Waals surface area contributed by atoms with Crippen molar-refractivity contribution in [2.24, 2.45) is 23.7 Å². The summed E-state index contributed by atoms with van der Waals surface area (Å²) in [5.74, 6) is 1.45. The fourth-order valence-electron chi connectivity index (χ4n) is 9.86. The van der Waals surface area contributed by atoms with Crippen LogP contribution >= 0.6 is 0 Å². The van der Waals surface area contributed by atoms with E-state index in [2.05, 4.69) is 70.8 Å². The number of rotatable bonds is 11. The van der Waals surface area contributed by atoms with E-state index in [9.17, 15) is 19.2 Å². The van der Waals surface area contributed by atoms with E-state index in [0.29, 0.717) is 13.1 Å². The van der Waals surface area contributed by atoms with Crippen LogP contribution in [0.4, 0.5) is 9.59 Å². The molecule has 61 heavy (non-hydrogen) atoms. The Morgan fingerprint density at radius 2 is 1.11 bits per heavy atom. The lowest BCUT2D eigenvalue weighted by atomic mass is 9.82. The van der Waals surface area contributed by atoms with Gasteiger partial charge in [-0.25, -0.2) is 19.6 Å². The van der Waals surface area contributed by atoms with Crippen molar-refractivity contribution in [3.05, 3.63) is 71.6 Å². The number of likely N-dealkylation sites (tertiary alicyclic amines) is 2. The minimum atomic E-state index is -0.713. The van der Waals surface area contributed by atoms with E-state index >= 15 is 0 Å². The van der Waals surface area contributed by atoms with Crippen LogP contribution in [0.3, 0.4) is 0 Å². The third-order valence-corrected chi connectivity index (χ3v) is 12.9. The minimum absolute atomic E-state index is 0.00354. The summed E-state index contributed by atoms with van der Waals surface area (Å²) in [5.41, 5.74) is 8.39. The molecule has 4 amide bonds. The zero-order valence-corrected chi connectivity index (χ0v) is 36.3. The first kappa shape index (κ1) is 42.0. The number of aromatic nitrogens is 4. The van der Waals surface area contributed by atoms with E-state index in [0.717, 1.165) is 71.0 Å². The Bertz CT molecular complexity index is 2280. The molecule has 4 aromatic rings. The van der Waals surface area contributed by atoms with Crippen LogP contribution in [-0.4, -0.2) is 93.1 Å². The van der Waals surface area contributed by atoms with E-state index < -0.39 is 24.3 Å². The van der Waals surface area contributed by atoms with E-state index in [1.165, 1.54) is 25.3 Å². The van der Waals surface area contributed by atoms with E-state index in [1.807, 2.05) is 49.9 Å². The second-order valence-electron chi connectivity index (χ2n) is 18.0. The number of ether oxygens (including phenoxy) is 3. The summed E-state index contributed by atoms with van der Waals surface area (Å²) in [6.45, 7) is 13.0. The fourth-order valence-corrected chi connectivity index (χ4v) is 9.86. The molecule has 2 bridgehead atoms. The first-order valence-corrected chi connectivity index (χ1v) is 21.6. The molecule has 0 aliphatic carbocycles. The van der Waals surface area contributed by atoms with Gasteiger partial charge in [-0.2, -0.15) is 0 Å². The Balaban J connectivity index is 1.03. The number of alkyl carbamates (subject to hydrolysis) is 2. The molecule has 8 atom stereocenters. The number of hydrogen-bond donors (Lipinski definition) is 4. The Kier molecular flexibility index (Phi) is 11.7. The predicted molar refractivity (Wildman–Crippen MR) is 228 cm³/mol. The van der Waals surface area contributed by atoms with Crippen LogP contribution in [0.15, 0.2) is 48.8 Å². The molecular formula is C46H58N8O7. The highest BCUT2D eigenvalue weighted by Gasteiger charge is 2.44. The van der Waals surface area contributed by atoms with Crippen molar-refractivity contribution >= 4 is 24.0 Å². The molecule has 8 rings (SSSR count). The average molecular weight is 835 g/mol. The number of amides is 4. The second-order valence-corrected chi connectivity index (χ2v) is 18.0. The molecule has 2 aromatic heterocycles. The smallest absolute Gasteiger partial charge is 0.407 e. The molecule has 2 unspecified atom stereocenters. The SMILES string of the molecule is COC(=O)N[C@H](C(=O)N1C[C@@H](C)C[C@H]1c1ncc(-c2ccc(-c3ccc(-c4cnc([C@@H]5C[C@H](C)CN5C(=O)[C@H](NC(=O)OC)C(C)C)[nH]4)cc3)c3c2C2CCC3O2)[nH]1)C(C)C. The van der Waals surface area contributed by atoms with Crippen LogP contribution in [0, 0.1) is 23.7 Å². The Labute approximate surface area is 356 Å². The lowest BCUT2D eigenvalue weighted by Crippen LogP contribution is -2.51. The molecule has 3 saturated heterocycles. The maximum atomic E-state index is 13.9. The van der Waals surface area contributed by atoms with Gasteiger partial charge in [-0.15, -0.1) is 0 Å². The zero-order chi connectivity index (χ0) is 43.3. The normalized spacial score (nSPS) is 24.0. The maximum Gasteiger partial charge on any atom is 0.407 e. The monoisotopic (exact) mass is 834 g/mol. The van der Waals surface area contributed by atoms with E-state index in [1.54, 1.807) is 0 Å². The number of nitrogens with zero attached hydrogens (tertiary/aromatic N) is 4. The summed E-state index contributed by atoms with van der Waals surface area (Å²) >= 11 is 0. The Morgan fingerprint density at radius 3 is 1.61 bits per heavy atom. The quantitative estimate of drug-likeness (QED) is 0.118. The minimum Gasteiger partial charge on any atom is -0.453 e. The number of carbonyl (C=O) groups is 4. The number of H-pyrrole nitrogens is 2. The molecule has 2 aromatic carbocycles. The molecule has 4 aliphatic heterocycles. The van der Waals surface area contributed by atoms with Crippen LogP contribution in [0.2, 0.25) is 0 Å². The van der Waals surface area contributed by atoms with E-state index in [-0.39, 0.29) is 59.8 Å². The van der Waals surface area contributed by atoms with Gasteiger partial charge in [0.25, 0.3) is 0 Å². The van der Waals surface area contributed by atoms with Gasteiger partial charge >= 0.3 is 12.2 Å². The highest BCUT2D eigenvalue weighted by Crippen LogP contribution is 2.56. The lowest BCUT2D eigenvalue weighted by Gasteiger charge is -2.30. The Morgan fingerprint density at radius 1 is 0.672 bits per heavy atom. The van der Waals surface area contributed by atoms with Crippen LogP contribution in [0.1, 0.15) is 114 Å². The highest BCUT2D eigenvalue weighted by molar-refractivity contribution is 5.87. The number of nitrogens with one attached hydrogen (secondary N) is 4. The second kappa shape index (κ2) is 17.0. The summed E-state index contributed by atoms with van der Waals surface area (Å²) in [5, 5.41) is 5.46. The molecule has 4 aliphatic rings. The van der Waals surface area contributed by atoms with Crippen molar-refractivity contribution in [3.8, 4) is 33.6 Å². The first-order valence-electron chi connectivity index (χ1n) is 21.6. The van der Waals surface area contributed by atoms with Crippen molar-refractivity contribution in [1.29, 1.82) is 0 Å². The van der Waals surface area contributed by atoms with Crippen molar-refractivity contribution < 1.29 is 33.4 Å². The van der Waals surface area contributed by atoms with Crippen molar-refractivity contribution in [3.63, 3.8) is 0 Å². The number of hydrogen-bond acceptors (Lipinski definition) is 9. The van der Waals surface area contributed by atoms with Gasteiger partial charge in [-0.05, 0) is 77.2 Å². The third kappa shape index (κ3) is 7.99. The molecule has 3 fully saturated rings. The molecule has 15 nitrogen and oxygen atoms in total. The average Bonchev–Trinajstić information content (AvgIpc) is 4.12. The van der Waals surface area contributed by atoms with Gasteiger partial charge in [0, 0.05) is 18.7 Å². The van der Waals surface area contributed by atoms with Crippen LogP contribution in [0.5, 0.6) is 0 Å². The van der Waals surface area contributed by atoms with Gasteiger partial charge in [0.1, 0.15) is 23.7 Å². The molecule has 6 heterocycles. The number of fused-ring (bicyclic) bond motifs is 5. The van der Waals surface area contributed by atoms with Gasteiger partial charge < -0.3 is 44.6 Å². The first-order chi connectivity index (χ1) is 29.3. The van der Waals surface area contributed by atoms with Crippen molar-refractivity contribution in [1.82, 2.24) is 40.4 Å². The summed E-state index contributed by atoms with van der Waals surface area (Å²) in [6.07, 6.45) is 5.86. The molecular weight excluding hydrogens is 777 g/mol. The van der Waals surface area contributed by atoms with Gasteiger partial charge in [0.2, 0.25) is 11.8 Å². The molecule has 15 heteroatoms. The molecule has 0 saturated carbocycles. The topological polar surface area (TPSA) is 184 Å². The summed E-state index contributed by atoms with van der Waals surface area (Å²) in [6, 6.07) is 10.9. The van der Waals surface area contributed by atoms with Gasteiger partial charge in [0.05, 0.1) is 62.3 Å². The van der Waals surface area contributed by atoms with Gasteiger partial charge in [-0.1, -0.05) is 77.9 Å². The van der Waals surface area contributed by atoms with Crippen molar-refractivity contribution in [2.45, 2.75) is 104 Å².